The van der Waals surface area contributed by atoms with E-state index in [1.54, 1.807) is 13.2 Å². The third kappa shape index (κ3) is 5.07. The Bertz CT molecular complexity index is 942. The van der Waals surface area contributed by atoms with Gasteiger partial charge in [-0.2, -0.15) is 0 Å². The Hall–Kier alpha value is -2.87. The van der Waals surface area contributed by atoms with Gasteiger partial charge < -0.3 is 24.6 Å². The van der Waals surface area contributed by atoms with E-state index in [4.69, 9.17) is 21.7 Å². The molecule has 166 valence electrons. The van der Waals surface area contributed by atoms with Crippen LogP contribution in [0, 0.1) is 0 Å². The van der Waals surface area contributed by atoms with E-state index in [-0.39, 0.29) is 0 Å². The lowest BCUT2D eigenvalue weighted by Crippen LogP contribution is -2.50. The second-order valence-corrected chi connectivity index (χ2v) is 7.66. The smallest absolute Gasteiger partial charge is 0.339 e. The number of thiocarbonyl (C=S) groups is 1. The number of methoxy groups -OCH3 is 2. The molecule has 0 atom stereocenters. The quantitative estimate of drug-likeness (QED) is 0.538. The Labute approximate surface area is 189 Å². The van der Waals surface area contributed by atoms with E-state index in [0.29, 0.717) is 34.4 Å². The van der Waals surface area contributed by atoms with Crippen molar-refractivity contribution in [3.05, 3.63) is 47.2 Å². The van der Waals surface area contributed by atoms with E-state index in [1.807, 2.05) is 6.92 Å². The fraction of sp³-hybridized carbons (Fsp3) is 0.435. The number of esters is 1. The number of pyridine rings is 1. The minimum atomic E-state index is -0.427. The van der Waals surface area contributed by atoms with Crippen molar-refractivity contribution in [1.82, 2.24) is 9.88 Å². The lowest BCUT2D eigenvalue weighted by atomic mass is 10.1. The van der Waals surface area contributed by atoms with Crippen LogP contribution in [0.3, 0.4) is 0 Å². The number of piperazine rings is 1. The van der Waals surface area contributed by atoms with Gasteiger partial charge in [0.05, 0.1) is 25.5 Å². The van der Waals surface area contributed by atoms with Crippen molar-refractivity contribution in [2.45, 2.75) is 26.7 Å². The molecule has 1 aromatic heterocycles. The molecule has 1 aliphatic rings. The summed E-state index contributed by atoms with van der Waals surface area (Å²) in [5.74, 6) is -0.0217. The van der Waals surface area contributed by atoms with Crippen LogP contribution in [-0.4, -0.2) is 61.4 Å². The van der Waals surface area contributed by atoms with Crippen LogP contribution in [0.2, 0.25) is 0 Å². The lowest BCUT2D eigenvalue weighted by Gasteiger charge is -2.38. The number of para-hydroxylation sites is 1. The molecule has 0 spiro atoms. The first-order chi connectivity index (χ1) is 15.0. The van der Waals surface area contributed by atoms with Gasteiger partial charge in [-0.1, -0.05) is 32.0 Å². The molecule has 1 aromatic carbocycles. The van der Waals surface area contributed by atoms with Crippen molar-refractivity contribution < 1.29 is 14.3 Å². The molecule has 3 rings (SSSR count). The number of carbonyl (C=O) groups excluding carboxylic acids is 1. The SMILES string of the molecule is CCc1ccccc1N1CCN(C(=S)Nc2cc(C(=O)OC)c(CC)nc2OC)CC1. The van der Waals surface area contributed by atoms with Crippen LogP contribution in [0.25, 0.3) is 0 Å². The second kappa shape index (κ2) is 10.4. The topological polar surface area (TPSA) is 66.9 Å². The maximum Gasteiger partial charge on any atom is 0.339 e. The summed E-state index contributed by atoms with van der Waals surface area (Å²) in [6.45, 7) is 7.49. The van der Waals surface area contributed by atoms with Crippen molar-refractivity contribution in [3.63, 3.8) is 0 Å². The third-order valence-electron chi connectivity index (χ3n) is 5.52. The number of benzene rings is 1. The predicted octanol–water partition coefficient (Wildman–Crippen LogP) is 3.52. The van der Waals surface area contributed by atoms with Gasteiger partial charge in [0.1, 0.15) is 5.69 Å². The maximum atomic E-state index is 12.2. The summed E-state index contributed by atoms with van der Waals surface area (Å²) in [5, 5.41) is 3.81. The largest absolute Gasteiger partial charge is 0.480 e. The van der Waals surface area contributed by atoms with E-state index in [9.17, 15) is 4.79 Å². The highest BCUT2D eigenvalue weighted by atomic mass is 32.1. The standard InChI is InChI=1S/C23H30N4O3S/c1-5-16-9-7-8-10-20(16)26-11-13-27(14-12-26)23(31)25-19-15-17(22(28)30-4)18(6-2)24-21(19)29-3/h7-10,15H,5-6,11-14H2,1-4H3,(H,25,31). The van der Waals surface area contributed by atoms with Crippen molar-refractivity contribution in [2.24, 2.45) is 0 Å². The van der Waals surface area contributed by atoms with Gasteiger partial charge in [0.25, 0.3) is 0 Å². The molecule has 8 heteroatoms. The number of anilines is 2. The summed E-state index contributed by atoms with van der Waals surface area (Å²) < 4.78 is 10.3. The fourth-order valence-electron chi connectivity index (χ4n) is 3.80. The number of hydrogen-bond acceptors (Lipinski definition) is 6. The molecule has 1 N–H and O–H groups in total. The zero-order chi connectivity index (χ0) is 22.4. The highest BCUT2D eigenvalue weighted by Crippen LogP contribution is 2.27. The Morgan fingerprint density at radius 3 is 2.45 bits per heavy atom. The van der Waals surface area contributed by atoms with E-state index >= 15 is 0 Å². The highest BCUT2D eigenvalue weighted by Gasteiger charge is 2.23. The van der Waals surface area contributed by atoms with Gasteiger partial charge in [-0.15, -0.1) is 0 Å². The van der Waals surface area contributed by atoms with Crippen LogP contribution in [0.15, 0.2) is 30.3 Å². The summed E-state index contributed by atoms with van der Waals surface area (Å²) in [6, 6.07) is 10.3. The molecule has 0 saturated carbocycles. The molecule has 1 aliphatic heterocycles. The molecule has 1 saturated heterocycles. The van der Waals surface area contributed by atoms with Crippen LogP contribution in [0.1, 0.15) is 35.5 Å². The second-order valence-electron chi connectivity index (χ2n) is 7.27. The van der Waals surface area contributed by atoms with Crippen molar-refractivity contribution in [2.75, 3.05) is 50.6 Å². The summed E-state index contributed by atoms with van der Waals surface area (Å²) >= 11 is 5.66. The zero-order valence-electron chi connectivity index (χ0n) is 18.6. The fourth-order valence-corrected chi connectivity index (χ4v) is 4.09. The molecule has 2 heterocycles. The number of rotatable bonds is 6. The number of aryl methyl sites for hydroxylation is 2. The van der Waals surface area contributed by atoms with Gasteiger partial charge in [0.2, 0.25) is 5.88 Å². The average molecular weight is 443 g/mol. The van der Waals surface area contributed by atoms with Crippen molar-refractivity contribution in [1.29, 1.82) is 0 Å². The summed E-state index contributed by atoms with van der Waals surface area (Å²) in [7, 11) is 2.91. The van der Waals surface area contributed by atoms with Crippen LogP contribution in [-0.2, 0) is 17.6 Å². The zero-order valence-corrected chi connectivity index (χ0v) is 19.4. The number of ether oxygens (including phenoxy) is 2. The average Bonchev–Trinajstić information content (AvgIpc) is 2.83. The maximum absolute atomic E-state index is 12.2. The number of hydrogen-bond donors (Lipinski definition) is 1. The summed E-state index contributed by atoms with van der Waals surface area (Å²) in [5.41, 5.74) is 4.26. The van der Waals surface area contributed by atoms with E-state index in [1.165, 1.54) is 18.4 Å². The molecular weight excluding hydrogens is 412 g/mol. The summed E-state index contributed by atoms with van der Waals surface area (Å²) in [6.07, 6.45) is 1.60. The van der Waals surface area contributed by atoms with Gasteiger partial charge in [-0.3, -0.25) is 0 Å². The van der Waals surface area contributed by atoms with Gasteiger partial charge >= 0.3 is 5.97 Å². The molecule has 31 heavy (non-hydrogen) atoms. The highest BCUT2D eigenvalue weighted by molar-refractivity contribution is 7.80. The Morgan fingerprint density at radius 1 is 1.13 bits per heavy atom. The lowest BCUT2D eigenvalue weighted by molar-refractivity contribution is 0.0599. The van der Waals surface area contributed by atoms with Crippen LogP contribution >= 0.6 is 12.2 Å². The van der Waals surface area contributed by atoms with Crippen LogP contribution in [0.4, 0.5) is 11.4 Å². The molecular formula is C23H30N4O3S. The number of nitrogens with one attached hydrogen (secondary N) is 1. The minimum Gasteiger partial charge on any atom is -0.480 e. The van der Waals surface area contributed by atoms with Gasteiger partial charge in [0.15, 0.2) is 5.11 Å². The monoisotopic (exact) mass is 442 g/mol. The molecule has 0 unspecified atom stereocenters. The molecule has 7 nitrogen and oxygen atoms in total. The molecule has 0 bridgehead atoms. The first kappa shape index (κ1) is 22.8. The van der Waals surface area contributed by atoms with Gasteiger partial charge in [-0.25, -0.2) is 9.78 Å². The Kier molecular flexibility index (Phi) is 7.68. The van der Waals surface area contributed by atoms with Crippen LogP contribution < -0.4 is 15.0 Å². The van der Waals surface area contributed by atoms with Gasteiger partial charge in [0, 0.05) is 31.9 Å². The number of carbonyl (C=O) groups is 1. The molecule has 0 aliphatic carbocycles. The van der Waals surface area contributed by atoms with E-state index in [2.05, 4.69) is 51.3 Å². The normalized spacial score (nSPS) is 13.7. The van der Waals surface area contributed by atoms with E-state index in [0.717, 1.165) is 32.6 Å². The molecule has 1 fully saturated rings. The van der Waals surface area contributed by atoms with Crippen LogP contribution in [0.5, 0.6) is 5.88 Å². The number of nitrogens with zero attached hydrogens (tertiary/aromatic N) is 3. The Balaban J connectivity index is 1.71. The summed E-state index contributed by atoms with van der Waals surface area (Å²) in [4.78, 5) is 21.2. The molecule has 2 aromatic rings. The van der Waals surface area contributed by atoms with Gasteiger partial charge in [-0.05, 0) is 42.8 Å². The molecule has 0 amide bonds. The Morgan fingerprint density at radius 2 is 1.84 bits per heavy atom. The first-order valence-electron chi connectivity index (χ1n) is 10.6. The van der Waals surface area contributed by atoms with Crippen molar-refractivity contribution >= 4 is 34.7 Å². The predicted molar refractivity (Wildman–Crippen MR) is 127 cm³/mol. The van der Waals surface area contributed by atoms with Crippen molar-refractivity contribution in [3.8, 4) is 5.88 Å². The molecule has 0 radical (unpaired) electrons. The third-order valence-corrected chi connectivity index (χ3v) is 5.88. The van der Waals surface area contributed by atoms with E-state index < -0.39 is 5.97 Å². The first-order valence-corrected chi connectivity index (χ1v) is 11.0. The minimum absolute atomic E-state index is 0.405. The number of aromatic nitrogens is 1.